The second-order valence-corrected chi connectivity index (χ2v) is 20.2. The van der Waals surface area contributed by atoms with Crippen LogP contribution in [0.5, 0.6) is 0 Å². The summed E-state index contributed by atoms with van der Waals surface area (Å²) in [7, 11) is 0. The van der Waals surface area contributed by atoms with Crippen LogP contribution in [0.1, 0.15) is 92.4 Å². The van der Waals surface area contributed by atoms with Gasteiger partial charge in [0.25, 0.3) is 0 Å². The molecule has 0 aromatic carbocycles. The first-order chi connectivity index (χ1) is 29.2. The molecule has 0 aromatic heterocycles. The molecular weight excluding hydrogens is 816 g/mol. The number of aliphatic hydroxyl groups is 8. The maximum atomic E-state index is 14.3. The van der Waals surface area contributed by atoms with Crippen molar-refractivity contribution in [2.24, 2.45) is 46.3 Å². The molecule has 0 amide bonds. The number of aliphatic hydroxyl groups excluding tert-OH is 8. The van der Waals surface area contributed by atoms with Crippen LogP contribution in [0, 0.1) is 46.3 Å². The predicted octanol–water partition coefficient (Wildman–Crippen LogP) is -0.0493. The lowest BCUT2D eigenvalue weighted by molar-refractivity contribution is -0.384. The zero-order valence-electron chi connectivity index (χ0n) is 36.2. The van der Waals surface area contributed by atoms with Crippen molar-refractivity contribution in [3.05, 3.63) is 11.6 Å². The summed E-state index contributed by atoms with van der Waals surface area (Å²) in [5.41, 5.74) is 0.818. The summed E-state index contributed by atoms with van der Waals surface area (Å²) >= 11 is 0. The van der Waals surface area contributed by atoms with Gasteiger partial charge in [-0.1, -0.05) is 40.2 Å². The highest BCUT2D eigenvalue weighted by Gasteiger charge is 2.61. The van der Waals surface area contributed by atoms with E-state index in [-0.39, 0.29) is 40.8 Å². The van der Waals surface area contributed by atoms with E-state index in [0.29, 0.717) is 43.3 Å². The number of ketones is 2. The zero-order chi connectivity index (χ0) is 45.2. The first-order valence-corrected chi connectivity index (χ1v) is 22.5. The van der Waals surface area contributed by atoms with E-state index in [2.05, 4.69) is 34.6 Å². The number of ether oxygens (including phenoxy) is 6. The summed E-state index contributed by atoms with van der Waals surface area (Å²) in [6.07, 6.45) is -17.3. The minimum Gasteiger partial charge on any atom is -0.479 e. The summed E-state index contributed by atoms with van der Waals surface area (Å²) in [4.78, 5) is 39.3. The van der Waals surface area contributed by atoms with E-state index in [0.717, 1.165) is 25.7 Å². The molecule has 6 fully saturated rings. The van der Waals surface area contributed by atoms with Gasteiger partial charge in [-0.05, 0) is 91.4 Å². The van der Waals surface area contributed by atoms with Crippen LogP contribution in [0.2, 0.25) is 0 Å². The van der Waals surface area contributed by atoms with Gasteiger partial charge in [0.1, 0.15) is 66.8 Å². The maximum Gasteiger partial charge on any atom is 0.335 e. The van der Waals surface area contributed by atoms with E-state index in [1.54, 1.807) is 0 Å². The number of hydrogen-bond acceptors (Lipinski definition) is 17. The first-order valence-electron chi connectivity index (χ1n) is 22.5. The van der Waals surface area contributed by atoms with Gasteiger partial charge in [-0.3, -0.25) is 9.59 Å². The van der Waals surface area contributed by atoms with Gasteiger partial charge in [0.2, 0.25) is 0 Å². The van der Waals surface area contributed by atoms with E-state index in [4.69, 9.17) is 28.4 Å². The number of carbonyl (C=O) groups excluding carboxylic acids is 2. The standard InChI is InChI=1S/C44H68O18/c1-18(2)12-20(46)13-19(3)23-6-7-24-22-15-27(47)26-14-21(8-10-44(26,5)25(22)9-11-43(23,24)4)58-42-38(34(53)33(52)36(60-42)39(55)56)62-41-37(30(49)28(48)17-57-41)61-40-35(54)32(51)31(50)29(16-45)59-40/h15,18-19,21,23-26,28-38,40-42,45,48-54H,6-14,16-17H2,1-5H3,(H,55,56). The average Bonchev–Trinajstić information content (AvgIpc) is 3.57. The van der Waals surface area contributed by atoms with Crippen LogP contribution in [0.4, 0.5) is 0 Å². The maximum absolute atomic E-state index is 14.3. The Labute approximate surface area is 361 Å². The number of carbonyl (C=O) groups is 3. The van der Waals surface area contributed by atoms with E-state index in [9.17, 15) is 60.3 Å². The molecule has 3 saturated heterocycles. The molecule has 22 atom stereocenters. The lowest BCUT2D eigenvalue weighted by atomic mass is 9.47. The van der Waals surface area contributed by atoms with Gasteiger partial charge in [-0.25, -0.2) is 4.79 Å². The zero-order valence-corrected chi connectivity index (χ0v) is 36.2. The van der Waals surface area contributed by atoms with Crippen LogP contribution in [0.15, 0.2) is 11.6 Å². The van der Waals surface area contributed by atoms with Crippen molar-refractivity contribution in [1.82, 2.24) is 0 Å². The molecule has 18 nitrogen and oxygen atoms in total. The monoisotopic (exact) mass is 884 g/mol. The summed E-state index contributed by atoms with van der Waals surface area (Å²) in [6.45, 7) is 9.56. The molecule has 0 aromatic rings. The van der Waals surface area contributed by atoms with Gasteiger partial charge in [-0.15, -0.1) is 0 Å². The second kappa shape index (κ2) is 18.7. The number of Topliss-reactive ketones (excluding diaryl/α,β-unsaturated/α-hetero) is 1. The third kappa shape index (κ3) is 8.84. The SMILES string of the molecule is CC(C)CC(=O)CC(C)C1CCC2C3=CC(=O)C4CC(OC5OC(C(=O)O)C(O)C(O)C5OC5OCC(O)C(O)C5OC5OC(CO)C(O)C(O)C5O)CCC4(C)C3CCC21C. The molecule has 0 radical (unpaired) electrons. The third-order valence-corrected chi connectivity index (χ3v) is 15.8. The molecule has 4 aliphatic carbocycles. The molecule has 62 heavy (non-hydrogen) atoms. The molecule has 7 rings (SSSR count). The number of rotatable bonds is 13. The Bertz CT molecular complexity index is 1660. The first kappa shape index (κ1) is 47.9. The molecule has 22 unspecified atom stereocenters. The van der Waals surface area contributed by atoms with Crippen molar-refractivity contribution in [3.63, 3.8) is 0 Å². The molecule has 7 aliphatic rings. The number of carboxylic acid groups (broad SMARTS) is 1. The smallest absolute Gasteiger partial charge is 0.335 e. The fourth-order valence-corrected chi connectivity index (χ4v) is 12.5. The Morgan fingerprint density at radius 1 is 0.742 bits per heavy atom. The topological polar surface area (TPSA) is 289 Å². The lowest BCUT2D eigenvalue weighted by Crippen LogP contribution is -2.66. The van der Waals surface area contributed by atoms with Crippen LogP contribution in [0.3, 0.4) is 0 Å². The molecule has 0 spiro atoms. The van der Waals surface area contributed by atoms with Crippen LogP contribution in [-0.4, -0.2) is 169 Å². The number of fused-ring (bicyclic) bond motifs is 5. The van der Waals surface area contributed by atoms with E-state index < -0.39 is 117 Å². The Kier molecular flexibility index (Phi) is 14.5. The second-order valence-electron chi connectivity index (χ2n) is 20.2. The van der Waals surface area contributed by atoms with Crippen molar-refractivity contribution >= 4 is 17.5 Å². The van der Waals surface area contributed by atoms with Crippen LogP contribution in [-0.2, 0) is 42.8 Å². The summed E-state index contributed by atoms with van der Waals surface area (Å²) in [6, 6.07) is 0. The largest absolute Gasteiger partial charge is 0.479 e. The Balaban J connectivity index is 1.07. The van der Waals surface area contributed by atoms with E-state index >= 15 is 0 Å². The van der Waals surface area contributed by atoms with Crippen molar-refractivity contribution < 1.29 is 88.8 Å². The Morgan fingerprint density at radius 2 is 1.40 bits per heavy atom. The quantitative estimate of drug-likeness (QED) is 0.117. The Hall–Kier alpha value is -2.01. The fourth-order valence-electron chi connectivity index (χ4n) is 12.5. The number of allylic oxidation sites excluding steroid dienone is 2. The molecule has 18 heteroatoms. The van der Waals surface area contributed by atoms with Crippen LogP contribution < -0.4 is 0 Å². The van der Waals surface area contributed by atoms with Gasteiger partial charge in [0.05, 0.1) is 19.3 Å². The molecular formula is C44H68O18. The number of hydrogen-bond donors (Lipinski definition) is 9. The van der Waals surface area contributed by atoms with Gasteiger partial charge >= 0.3 is 5.97 Å². The van der Waals surface area contributed by atoms with Crippen molar-refractivity contribution in [3.8, 4) is 0 Å². The van der Waals surface area contributed by atoms with Gasteiger partial charge in [0.15, 0.2) is 30.8 Å². The van der Waals surface area contributed by atoms with Gasteiger partial charge < -0.3 is 74.4 Å². The van der Waals surface area contributed by atoms with Crippen molar-refractivity contribution in [1.29, 1.82) is 0 Å². The number of carboxylic acids is 1. The summed E-state index contributed by atoms with van der Waals surface area (Å²) in [5, 5.41) is 94.5. The summed E-state index contributed by atoms with van der Waals surface area (Å²) < 4.78 is 35.1. The normalized spacial score (nSPS) is 48.8. The minimum absolute atomic E-state index is 0.00697. The fraction of sp³-hybridized carbons (Fsp3) is 0.886. The number of aliphatic carboxylic acids is 1. The van der Waals surface area contributed by atoms with Crippen molar-refractivity contribution in [2.75, 3.05) is 13.2 Å². The highest BCUT2D eigenvalue weighted by atomic mass is 16.8. The molecule has 3 saturated carbocycles. The molecule has 3 aliphatic heterocycles. The van der Waals surface area contributed by atoms with E-state index in [1.807, 2.05) is 6.08 Å². The molecule has 0 bridgehead atoms. The Morgan fingerprint density at radius 3 is 2.08 bits per heavy atom. The average molecular weight is 885 g/mol. The van der Waals surface area contributed by atoms with Gasteiger partial charge in [-0.2, -0.15) is 0 Å². The highest BCUT2D eigenvalue weighted by Crippen LogP contribution is 2.66. The molecule has 3 heterocycles. The third-order valence-electron chi connectivity index (χ3n) is 15.8. The molecule has 352 valence electrons. The van der Waals surface area contributed by atoms with E-state index in [1.165, 1.54) is 5.57 Å². The van der Waals surface area contributed by atoms with Crippen LogP contribution >= 0.6 is 0 Å². The predicted molar refractivity (Wildman–Crippen MR) is 212 cm³/mol. The molecule has 9 N–H and O–H groups in total. The van der Waals surface area contributed by atoms with Crippen molar-refractivity contribution in [2.45, 2.75) is 185 Å². The van der Waals surface area contributed by atoms with Crippen LogP contribution in [0.25, 0.3) is 0 Å². The summed E-state index contributed by atoms with van der Waals surface area (Å²) in [5.74, 6) is -0.363. The lowest BCUT2D eigenvalue weighted by Gasteiger charge is -2.57. The highest BCUT2D eigenvalue weighted by molar-refractivity contribution is 5.94. The van der Waals surface area contributed by atoms with Gasteiger partial charge in [0, 0.05) is 18.8 Å². The minimum atomic E-state index is -2.03.